The third-order valence-electron chi connectivity index (χ3n) is 10.2. The monoisotopic (exact) mass is 479 g/mol. The van der Waals surface area contributed by atoms with Gasteiger partial charge in [0.2, 0.25) is 11.4 Å². The molecule has 188 valence electrons. The number of carbonyl (C=O) groups is 2. The van der Waals surface area contributed by atoms with Crippen LogP contribution in [0.15, 0.2) is 29.3 Å². The number of fused-ring (bicyclic) bond motifs is 2. The number of carbonyl (C=O) groups excluding carboxylic acids is 1. The normalized spacial score (nSPS) is 42.1. The molecule has 6 atom stereocenters. The quantitative estimate of drug-likeness (QED) is 0.253. The molecule has 2 aliphatic carbocycles. The van der Waals surface area contributed by atoms with Gasteiger partial charge in [0.25, 0.3) is 5.91 Å². The first-order chi connectivity index (χ1) is 16.8. The molecule has 1 amide bonds. The number of aliphatic carboxylic acids is 1. The number of hydrogen-bond acceptors (Lipinski definition) is 4. The minimum Gasteiger partial charge on any atom is -0.476 e. The number of carboxylic acids is 1. The zero-order valence-electron chi connectivity index (χ0n) is 21.1. The highest BCUT2D eigenvalue weighted by Crippen LogP contribution is 2.64. The van der Waals surface area contributed by atoms with Crippen LogP contribution in [0.4, 0.5) is 5.69 Å². The molecule has 4 bridgehead atoms. The Balaban J connectivity index is 1.23. The molecule has 1 aromatic rings. The van der Waals surface area contributed by atoms with Crippen molar-refractivity contribution in [2.75, 3.05) is 0 Å². The number of quaternary nitrogens is 1. The summed E-state index contributed by atoms with van der Waals surface area (Å²) in [6.45, 7) is 4.29. The molecule has 5 aliphatic rings. The molecular formula is C28H39N4O3+. The number of carboxylic acid groups (broad SMARTS) is 1. The van der Waals surface area contributed by atoms with Gasteiger partial charge in [-0.25, -0.2) is 14.4 Å². The highest BCUT2D eigenvalue weighted by Gasteiger charge is 2.83. The van der Waals surface area contributed by atoms with Gasteiger partial charge in [-0.3, -0.25) is 4.79 Å². The van der Waals surface area contributed by atoms with Crippen molar-refractivity contribution in [1.82, 2.24) is 10.7 Å². The van der Waals surface area contributed by atoms with E-state index in [1.807, 2.05) is 19.1 Å². The van der Waals surface area contributed by atoms with Crippen LogP contribution in [0.3, 0.4) is 0 Å². The Morgan fingerprint density at radius 3 is 2.51 bits per heavy atom. The number of benzene rings is 1. The van der Waals surface area contributed by atoms with E-state index >= 15 is 0 Å². The Morgan fingerprint density at radius 2 is 1.83 bits per heavy atom. The number of aryl methyl sites for hydroxylation is 1. The summed E-state index contributed by atoms with van der Waals surface area (Å²) >= 11 is 0. The largest absolute Gasteiger partial charge is 0.476 e. The van der Waals surface area contributed by atoms with Gasteiger partial charge in [0, 0.05) is 44.6 Å². The van der Waals surface area contributed by atoms with Crippen LogP contribution in [0.5, 0.6) is 0 Å². The van der Waals surface area contributed by atoms with Crippen molar-refractivity contribution in [2.45, 2.75) is 108 Å². The van der Waals surface area contributed by atoms with E-state index in [1.54, 1.807) is 12.1 Å². The lowest BCUT2D eigenvalue weighted by Gasteiger charge is -2.54. The van der Waals surface area contributed by atoms with E-state index in [2.05, 4.69) is 22.7 Å². The first kappa shape index (κ1) is 23.2. The van der Waals surface area contributed by atoms with Gasteiger partial charge in [0.1, 0.15) is 11.6 Å². The summed E-state index contributed by atoms with van der Waals surface area (Å²) in [4.78, 5) is 29.4. The Kier molecular flexibility index (Phi) is 5.38. The summed E-state index contributed by atoms with van der Waals surface area (Å²) in [6.07, 6.45) is 13.6. The summed E-state index contributed by atoms with van der Waals surface area (Å²) in [5.41, 5.74) is 5.11. The summed E-state index contributed by atoms with van der Waals surface area (Å²) in [5, 5.41) is 12.9. The molecule has 7 heteroatoms. The van der Waals surface area contributed by atoms with Gasteiger partial charge in [0.05, 0.1) is 5.69 Å². The van der Waals surface area contributed by atoms with Crippen molar-refractivity contribution in [3.05, 3.63) is 29.8 Å². The predicted octanol–water partition coefficient (Wildman–Crippen LogP) is 4.37. The van der Waals surface area contributed by atoms with Crippen molar-refractivity contribution in [2.24, 2.45) is 16.8 Å². The maximum Gasteiger partial charge on any atom is 0.360 e. The van der Waals surface area contributed by atoms with Crippen molar-refractivity contribution in [3.63, 3.8) is 0 Å². The molecular weight excluding hydrogens is 440 g/mol. The standard InChI is InChI=1S/C28H38N4O3/c1-18-7-3-4-10-23(18)30-24(26(34)35)25(33)29-21-16-27(2)11-6-12-28(17-21)31-32(27,28)22-14-19-8-5-9-20(13-19)15-22/h3-4,7,10,19-22,31H,5-6,8-9,11-17H2,1-2H3,(H-,29,33,34,35)/p+1/t19?,20?,21-,22?,27?,28-,32?/m1/s1. The number of nitrogens with one attached hydrogen (secondary N) is 2. The van der Waals surface area contributed by atoms with Crippen LogP contribution in [-0.2, 0) is 9.59 Å². The zero-order valence-corrected chi connectivity index (χ0v) is 21.1. The van der Waals surface area contributed by atoms with Crippen LogP contribution in [0.2, 0.25) is 0 Å². The number of para-hydroxylation sites is 1. The molecule has 3 heterocycles. The highest BCUT2D eigenvalue weighted by atomic mass is 16.4. The van der Waals surface area contributed by atoms with E-state index in [9.17, 15) is 14.7 Å². The second kappa shape index (κ2) is 8.13. The van der Waals surface area contributed by atoms with Gasteiger partial charge in [-0.05, 0) is 50.2 Å². The lowest BCUT2D eigenvalue weighted by Crippen LogP contribution is -2.68. The van der Waals surface area contributed by atoms with Crippen LogP contribution in [0, 0.1) is 18.8 Å². The predicted molar refractivity (Wildman–Crippen MR) is 134 cm³/mol. The van der Waals surface area contributed by atoms with Crippen LogP contribution < -0.4 is 10.7 Å². The summed E-state index contributed by atoms with van der Waals surface area (Å²) in [6, 6.07) is 7.94. The first-order valence-electron chi connectivity index (χ1n) is 13.6. The van der Waals surface area contributed by atoms with E-state index in [1.165, 1.54) is 44.9 Å². The lowest BCUT2D eigenvalue weighted by molar-refractivity contribution is -0.938. The third kappa shape index (κ3) is 3.57. The van der Waals surface area contributed by atoms with Crippen molar-refractivity contribution < 1.29 is 19.3 Å². The molecule has 0 spiro atoms. The van der Waals surface area contributed by atoms with E-state index in [4.69, 9.17) is 0 Å². The number of aliphatic imine (C=N–C) groups is 1. The Bertz CT molecular complexity index is 1080. The smallest absolute Gasteiger partial charge is 0.360 e. The van der Waals surface area contributed by atoms with E-state index in [0.717, 1.165) is 47.7 Å². The van der Waals surface area contributed by atoms with Crippen LogP contribution in [0.25, 0.3) is 0 Å². The Labute approximate surface area is 207 Å². The fraction of sp³-hybridized carbons (Fsp3) is 0.679. The minimum absolute atomic E-state index is 0.0377. The lowest BCUT2D eigenvalue weighted by atomic mass is 9.66. The number of amides is 1. The van der Waals surface area contributed by atoms with Gasteiger partial charge in [-0.15, -0.1) is 5.43 Å². The third-order valence-corrected chi connectivity index (χ3v) is 10.2. The molecule has 3 N–H and O–H groups in total. The molecule has 3 aliphatic heterocycles. The Morgan fingerprint density at radius 1 is 1.09 bits per heavy atom. The molecule has 35 heavy (non-hydrogen) atoms. The number of hydrogen-bond donors (Lipinski definition) is 3. The van der Waals surface area contributed by atoms with Gasteiger partial charge in [-0.2, -0.15) is 0 Å². The van der Waals surface area contributed by atoms with Gasteiger partial charge in [0.15, 0.2) is 0 Å². The van der Waals surface area contributed by atoms with E-state index < -0.39 is 17.6 Å². The number of nitrogens with zero attached hydrogens (tertiary/aromatic N) is 2. The second-order valence-electron chi connectivity index (χ2n) is 12.4. The first-order valence-corrected chi connectivity index (χ1v) is 13.6. The maximum atomic E-state index is 13.2. The van der Waals surface area contributed by atoms with Crippen molar-refractivity contribution >= 4 is 23.3 Å². The van der Waals surface area contributed by atoms with Gasteiger partial charge >= 0.3 is 5.97 Å². The van der Waals surface area contributed by atoms with E-state index in [-0.39, 0.29) is 17.2 Å². The van der Waals surface area contributed by atoms with Crippen molar-refractivity contribution in [1.29, 1.82) is 0 Å². The summed E-state index contributed by atoms with van der Waals surface area (Å²) in [5.74, 6) is -0.0832. The molecule has 5 fully saturated rings. The molecule has 0 aromatic heterocycles. The molecule has 6 rings (SSSR count). The highest BCUT2D eigenvalue weighted by molar-refractivity contribution is 6.63. The maximum absolute atomic E-state index is 13.2. The van der Waals surface area contributed by atoms with E-state index in [0.29, 0.717) is 11.7 Å². The molecule has 1 aromatic carbocycles. The summed E-state index contributed by atoms with van der Waals surface area (Å²) in [7, 11) is 0. The van der Waals surface area contributed by atoms with Crippen LogP contribution >= 0.6 is 0 Å². The second-order valence-corrected chi connectivity index (χ2v) is 12.4. The average molecular weight is 480 g/mol. The van der Waals surface area contributed by atoms with Gasteiger partial charge < -0.3 is 10.4 Å². The fourth-order valence-electron chi connectivity index (χ4n) is 8.93. The fourth-order valence-corrected chi connectivity index (χ4v) is 8.93. The minimum atomic E-state index is -1.28. The topological polar surface area (TPSA) is 101 Å². The number of piperidine rings is 2. The zero-order chi connectivity index (χ0) is 24.4. The van der Waals surface area contributed by atoms with Crippen LogP contribution in [-0.4, -0.2) is 50.6 Å². The summed E-state index contributed by atoms with van der Waals surface area (Å²) < 4.78 is 1.06. The Hall–Kier alpha value is -2.25. The SMILES string of the molecule is Cc1ccccc1N=C(C(=O)O)C(=O)N[C@@H]1CC2(C)CCC[C@@]3(C1)N[N+]23C1CC2CCCC(C2)C1. The molecule has 3 saturated heterocycles. The average Bonchev–Trinajstić information content (AvgIpc) is 3.50. The molecule has 0 radical (unpaired) electrons. The van der Waals surface area contributed by atoms with Gasteiger partial charge in [-0.1, -0.05) is 37.5 Å². The molecule has 2 saturated carbocycles. The van der Waals surface area contributed by atoms with Crippen LogP contribution in [0.1, 0.15) is 83.1 Å². The molecule has 7 nitrogen and oxygen atoms in total. The molecule has 4 unspecified atom stereocenters. The van der Waals surface area contributed by atoms with Crippen molar-refractivity contribution in [3.8, 4) is 0 Å². The number of rotatable bonds is 5.